The fraction of sp³-hybridized carbons (Fsp3) is 0.600. The Hall–Kier alpha value is -2.12. The predicted octanol–water partition coefficient (Wildman–Crippen LogP) is 2.84. The molecule has 0 fully saturated rings. The first kappa shape index (κ1) is 24.9. The Bertz CT molecular complexity index is 568. The number of para-hydroxylation sites is 1. The monoisotopic (exact) mass is 383 g/mol. The molecule has 0 spiro atoms. The number of aliphatic carboxylic acids is 2. The Morgan fingerprint density at radius 1 is 1.04 bits per heavy atom. The first-order chi connectivity index (χ1) is 12.6. The zero-order valence-electron chi connectivity index (χ0n) is 17.0. The summed E-state index contributed by atoms with van der Waals surface area (Å²) in [6, 6.07) is 6.40. The molecule has 0 atom stereocenters. The number of hydrogen-bond donors (Lipinski definition) is 3. The van der Waals surface area contributed by atoms with Crippen LogP contribution in [0.2, 0.25) is 0 Å². The van der Waals surface area contributed by atoms with Crippen LogP contribution in [0.25, 0.3) is 0 Å². The molecule has 7 nitrogen and oxygen atoms in total. The molecule has 0 aromatic heterocycles. The van der Waals surface area contributed by atoms with E-state index in [4.69, 9.17) is 29.3 Å². The van der Waals surface area contributed by atoms with Crippen LogP contribution >= 0.6 is 0 Å². The van der Waals surface area contributed by atoms with Crippen LogP contribution in [0, 0.1) is 6.92 Å². The van der Waals surface area contributed by atoms with Crippen LogP contribution in [0.3, 0.4) is 0 Å². The fourth-order valence-corrected chi connectivity index (χ4v) is 2.27. The van der Waals surface area contributed by atoms with Gasteiger partial charge in [0.05, 0.1) is 6.61 Å². The Labute approximate surface area is 161 Å². The highest BCUT2D eigenvalue weighted by Crippen LogP contribution is 2.33. The number of rotatable bonds is 9. The molecule has 0 bridgehead atoms. The van der Waals surface area contributed by atoms with E-state index in [0.29, 0.717) is 0 Å². The molecule has 27 heavy (non-hydrogen) atoms. The number of carboxylic acids is 2. The number of ether oxygens (including phenoxy) is 2. The summed E-state index contributed by atoms with van der Waals surface area (Å²) in [7, 11) is 1.74. The van der Waals surface area contributed by atoms with Crippen molar-refractivity contribution in [1.29, 1.82) is 0 Å². The van der Waals surface area contributed by atoms with Crippen LogP contribution < -0.4 is 10.1 Å². The van der Waals surface area contributed by atoms with Gasteiger partial charge in [-0.05, 0) is 49.4 Å². The highest BCUT2D eigenvalue weighted by molar-refractivity contribution is 6.27. The first-order valence-corrected chi connectivity index (χ1v) is 9.00. The molecule has 0 saturated heterocycles. The summed E-state index contributed by atoms with van der Waals surface area (Å²) in [4.78, 5) is 18.2. The smallest absolute Gasteiger partial charge is 0.414 e. The van der Waals surface area contributed by atoms with Gasteiger partial charge in [0.1, 0.15) is 5.75 Å². The summed E-state index contributed by atoms with van der Waals surface area (Å²) in [5, 5.41) is 18.2. The molecular weight excluding hydrogens is 350 g/mol. The SMILES string of the molecule is COCCCNCCCOc1c(C)cccc1C(C)(C)C.O=C(O)C(=O)O. The number of nitrogens with one attached hydrogen (secondary N) is 1. The van der Waals surface area contributed by atoms with Crippen molar-refractivity contribution in [3.8, 4) is 5.75 Å². The minimum absolute atomic E-state index is 0.111. The molecule has 7 heteroatoms. The zero-order valence-corrected chi connectivity index (χ0v) is 17.0. The van der Waals surface area contributed by atoms with Gasteiger partial charge in [-0.2, -0.15) is 0 Å². The highest BCUT2D eigenvalue weighted by Gasteiger charge is 2.19. The van der Waals surface area contributed by atoms with E-state index in [2.05, 4.69) is 51.2 Å². The third-order valence-corrected chi connectivity index (χ3v) is 3.65. The lowest BCUT2D eigenvalue weighted by Crippen LogP contribution is -2.20. The molecule has 0 radical (unpaired) electrons. The van der Waals surface area contributed by atoms with Gasteiger partial charge in [-0.1, -0.05) is 39.0 Å². The predicted molar refractivity (Wildman–Crippen MR) is 105 cm³/mol. The van der Waals surface area contributed by atoms with E-state index in [-0.39, 0.29) is 5.41 Å². The number of hydrogen-bond acceptors (Lipinski definition) is 5. The largest absolute Gasteiger partial charge is 0.493 e. The van der Waals surface area contributed by atoms with Crippen molar-refractivity contribution >= 4 is 11.9 Å². The van der Waals surface area contributed by atoms with Gasteiger partial charge < -0.3 is 25.0 Å². The number of methoxy groups -OCH3 is 1. The Morgan fingerprint density at radius 3 is 2.07 bits per heavy atom. The molecule has 0 aliphatic rings. The van der Waals surface area contributed by atoms with Crippen molar-refractivity contribution < 1.29 is 29.3 Å². The molecule has 0 amide bonds. The maximum atomic E-state index is 9.10. The van der Waals surface area contributed by atoms with Gasteiger partial charge in [0.2, 0.25) is 0 Å². The number of benzene rings is 1. The maximum Gasteiger partial charge on any atom is 0.414 e. The number of carboxylic acid groups (broad SMARTS) is 2. The summed E-state index contributed by atoms with van der Waals surface area (Å²) in [6.45, 7) is 12.4. The van der Waals surface area contributed by atoms with Crippen molar-refractivity contribution in [3.63, 3.8) is 0 Å². The minimum Gasteiger partial charge on any atom is -0.493 e. The lowest BCUT2D eigenvalue weighted by Gasteiger charge is -2.24. The molecule has 1 aromatic rings. The van der Waals surface area contributed by atoms with E-state index in [1.807, 2.05) is 0 Å². The highest BCUT2D eigenvalue weighted by atomic mass is 16.5. The van der Waals surface area contributed by atoms with Crippen LogP contribution in [0.4, 0.5) is 0 Å². The van der Waals surface area contributed by atoms with E-state index in [9.17, 15) is 0 Å². The Kier molecular flexibility index (Phi) is 12.1. The van der Waals surface area contributed by atoms with Gasteiger partial charge in [-0.25, -0.2) is 9.59 Å². The number of aryl methyl sites for hydroxylation is 1. The molecule has 0 aliphatic heterocycles. The van der Waals surface area contributed by atoms with Crippen molar-refractivity contribution in [2.45, 2.75) is 46.0 Å². The van der Waals surface area contributed by atoms with E-state index in [0.717, 1.165) is 44.9 Å². The quantitative estimate of drug-likeness (QED) is 0.445. The van der Waals surface area contributed by atoms with E-state index in [1.165, 1.54) is 11.1 Å². The van der Waals surface area contributed by atoms with Crippen molar-refractivity contribution in [1.82, 2.24) is 5.32 Å². The average molecular weight is 383 g/mol. The molecule has 0 aliphatic carbocycles. The summed E-state index contributed by atoms with van der Waals surface area (Å²) in [5.41, 5.74) is 2.62. The van der Waals surface area contributed by atoms with Gasteiger partial charge in [-0.15, -0.1) is 0 Å². The third kappa shape index (κ3) is 11.2. The van der Waals surface area contributed by atoms with Gasteiger partial charge >= 0.3 is 11.9 Å². The molecule has 0 saturated carbocycles. The van der Waals surface area contributed by atoms with Gasteiger partial charge in [0.25, 0.3) is 0 Å². The summed E-state index contributed by atoms with van der Waals surface area (Å²) >= 11 is 0. The second-order valence-electron chi connectivity index (χ2n) is 7.11. The van der Waals surface area contributed by atoms with Gasteiger partial charge in [0.15, 0.2) is 0 Å². The first-order valence-electron chi connectivity index (χ1n) is 9.00. The van der Waals surface area contributed by atoms with Crippen LogP contribution in [-0.2, 0) is 19.7 Å². The molecule has 0 unspecified atom stereocenters. The number of carbonyl (C=O) groups is 2. The second kappa shape index (κ2) is 13.1. The van der Waals surface area contributed by atoms with Crippen LogP contribution in [0.5, 0.6) is 5.75 Å². The standard InChI is InChI=1S/C18H31NO2.C2H2O4/c1-15-9-6-10-16(18(2,3)4)17(15)21-14-8-12-19-11-7-13-20-5;3-1(4)2(5)6/h6,9-10,19H,7-8,11-14H2,1-5H3;(H,3,4)(H,5,6). The maximum absolute atomic E-state index is 9.10. The molecule has 154 valence electrons. The van der Waals surface area contributed by atoms with Crippen LogP contribution in [0.15, 0.2) is 18.2 Å². The normalized spacial score (nSPS) is 10.7. The third-order valence-electron chi connectivity index (χ3n) is 3.65. The summed E-state index contributed by atoms with van der Waals surface area (Å²) in [5.74, 6) is -2.59. The van der Waals surface area contributed by atoms with Gasteiger partial charge in [-0.3, -0.25) is 0 Å². The zero-order chi connectivity index (χ0) is 20.9. The fourth-order valence-electron chi connectivity index (χ4n) is 2.27. The molecule has 3 N–H and O–H groups in total. The lowest BCUT2D eigenvalue weighted by molar-refractivity contribution is -0.159. The molecule has 1 aromatic carbocycles. The Morgan fingerprint density at radius 2 is 1.59 bits per heavy atom. The van der Waals surface area contributed by atoms with Gasteiger partial charge in [0, 0.05) is 13.7 Å². The van der Waals surface area contributed by atoms with Crippen LogP contribution in [0.1, 0.15) is 44.7 Å². The molecule has 1 rings (SSSR count). The topological polar surface area (TPSA) is 105 Å². The van der Waals surface area contributed by atoms with E-state index in [1.54, 1.807) is 7.11 Å². The molecule has 0 heterocycles. The summed E-state index contributed by atoms with van der Waals surface area (Å²) < 4.78 is 11.1. The lowest BCUT2D eigenvalue weighted by atomic mass is 9.85. The second-order valence-corrected chi connectivity index (χ2v) is 7.11. The summed E-state index contributed by atoms with van der Waals surface area (Å²) in [6.07, 6.45) is 2.08. The van der Waals surface area contributed by atoms with E-state index >= 15 is 0 Å². The van der Waals surface area contributed by atoms with E-state index < -0.39 is 11.9 Å². The Balaban J connectivity index is 0.000000972. The van der Waals surface area contributed by atoms with Crippen molar-refractivity contribution in [2.75, 3.05) is 33.4 Å². The van der Waals surface area contributed by atoms with Crippen molar-refractivity contribution in [3.05, 3.63) is 29.3 Å². The van der Waals surface area contributed by atoms with Crippen LogP contribution in [-0.4, -0.2) is 55.6 Å². The minimum atomic E-state index is -1.82. The average Bonchev–Trinajstić information content (AvgIpc) is 2.58. The van der Waals surface area contributed by atoms with Crippen molar-refractivity contribution in [2.24, 2.45) is 0 Å². The molecular formula is C20H33NO6.